The van der Waals surface area contributed by atoms with Crippen LogP contribution in [0.5, 0.6) is 0 Å². The largest absolute Gasteiger partial charge is 0.289 e. The Labute approximate surface area is 141 Å². The summed E-state index contributed by atoms with van der Waals surface area (Å²) in [6.07, 6.45) is 0. The molecule has 1 aromatic heterocycles. The Morgan fingerprint density at radius 3 is 2.21 bits per heavy atom. The number of hydrazine groups is 1. The zero-order valence-electron chi connectivity index (χ0n) is 13.8. The van der Waals surface area contributed by atoms with E-state index in [-0.39, 0.29) is 0 Å². The number of amides is 1. The molecule has 3 aromatic rings. The first-order chi connectivity index (χ1) is 11.6. The number of carbonyl (C=O) groups is 1. The molecule has 0 atom stereocenters. The highest BCUT2D eigenvalue weighted by atomic mass is 16.2. The zero-order valence-corrected chi connectivity index (χ0v) is 13.8. The molecule has 0 saturated carbocycles. The molecule has 5 nitrogen and oxygen atoms in total. The summed E-state index contributed by atoms with van der Waals surface area (Å²) in [4.78, 5) is 11.8. The summed E-state index contributed by atoms with van der Waals surface area (Å²) < 4.78 is 1.83. The molecule has 0 radical (unpaired) electrons. The smallest absolute Gasteiger partial charge is 0.285 e. The second-order valence-electron chi connectivity index (χ2n) is 5.90. The molecular weight excluding hydrogens is 300 g/mol. The lowest BCUT2D eigenvalue weighted by molar-refractivity contribution is 0.0948. The van der Waals surface area contributed by atoms with Gasteiger partial charge in [-0.1, -0.05) is 59.7 Å². The van der Waals surface area contributed by atoms with Crippen LogP contribution in [0, 0.1) is 13.8 Å². The Hall–Kier alpha value is -2.92. The maximum absolute atomic E-state index is 11.8. The van der Waals surface area contributed by atoms with Gasteiger partial charge in [0.15, 0.2) is 5.69 Å². The Morgan fingerprint density at radius 1 is 1.04 bits per heavy atom. The van der Waals surface area contributed by atoms with Gasteiger partial charge in [0.25, 0.3) is 5.91 Å². The molecule has 3 N–H and O–H groups in total. The number of aromatic nitrogens is 2. The van der Waals surface area contributed by atoms with Crippen LogP contribution < -0.4 is 11.3 Å². The molecule has 1 amide bonds. The van der Waals surface area contributed by atoms with Gasteiger partial charge in [0.2, 0.25) is 0 Å². The molecule has 0 saturated heterocycles. The summed E-state index contributed by atoms with van der Waals surface area (Å²) in [5, 5.41) is 4.42. The number of nitrogen functional groups attached to an aromatic ring is 1. The van der Waals surface area contributed by atoms with E-state index in [1.165, 1.54) is 11.1 Å². The number of carbonyl (C=O) groups excluding carboxylic acids is 1. The van der Waals surface area contributed by atoms with Gasteiger partial charge in [-0.2, -0.15) is 5.10 Å². The fourth-order valence-corrected chi connectivity index (χ4v) is 2.55. The van der Waals surface area contributed by atoms with Gasteiger partial charge in [-0.05, 0) is 31.0 Å². The second-order valence-corrected chi connectivity index (χ2v) is 5.90. The van der Waals surface area contributed by atoms with E-state index < -0.39 is 5.91 Å². The molecule has 0 aliphatic heterocycles. The summed E-state index contributed by atoms with van der Waals surface area (Å²) in [6, 6.07) is 18.2. The van der Waals surface area contributed by atoms with Crippen molar-refractivity contribution in [3.05, 3.63) is 77.0 Å². The molecule has 0 aliphatic rings. The minimum absolute atomic E-state index is 0.306. The van der Waals surface area contributed by atoms with Crippen molar-refractivity contribution in [3.8, 4) is 11.3 Å². The van der Waals surface area contributed by atoms with Crippen LogP contribution >= 0.6 is 0 Å². The monoisotopic (exact) mass is 320 g/mol. The SMILES string of the molecule is Cc1ccc(Cn2nc(C(=O)NN)cc2-c2ccc(C)cc2)cc1. The molecule has 24 heavy (non-hydrogen) atoms. The van der Waals surface area contributed by atoms with Crippen molar-refractivity contribution in [2.75, 3.05) is 0 Å². The Kier molecular flexibility index (Phi) is 4.44. The summed E-state index contributed by atoms with van der Waals surface area (Å²) in [5.74, 6) is 4.85. The van der Waals surface area contributed by atoms with Crippen molar-refractivity contribution in [2.45, 2.75) is 20.4 Å². The highest BCUT2D eigenvalue weighted by Crippen LogP contribution is 2.22. The van der Waals surface area contributed by atoms with Gasteiger partial charge >= 0.3 is 0 Å². The van der Waals surface area contributed by atoms with Crippen LogP contribution in [-0.2, 0) is 6.54 Å². The number of nitrogens with one attached hydrogen (secondary N) is 1. The lowest BCUT2D eigenvalue weighted by Gasteiger charge is -2.08. The normalized spacial score (nSPS) is 10.6. The quantitative estimate of drug-likeness (QED) is 0.441. The van der Waals surface area contributed by atoms with Crippen molar-refractivity contribution < 1.29 is 4.79 Å². The highest BCUT2D eigenvalue weighted by molar-refractivity contribution is 5.93. The minimum atomic E-state index is -0.397. The van der Waals surface area contributed by atoms with Crippen LogP contribution in [0.15, 0.2) is 54.6 Å². The standard InChI is InChI=1S/C19H20N4O/c1-13-3-7-15(8-4-13)12-23-18(11-17(22-23)19(24)21-20)16-9-5-14(2)6-10-16/h3-11H,12,20H2,1-2H3,(H,21,24). The first-order valence-corrected chi connectivity index (χ1v) is 7.78. The van der Waals surface area contributed by atoms with Gasteiger partial charge in [0.1, 0.15) is 0 Å². The van der Waals surface area contributed by atoms with E-state index in [2.05, 4.69) is 41.7 Å². The van der Waals surface area contributed by atoms with Crippen LogP contribution in [0.2, 0.25) is 0 Å². The van der Waals surface area contributed by atoms with Crippen molar-refractivity contribution in [1.29, 1.82) is 0 Å². The average molecular weight is 320 g/mol. The fourth-order valence-electron chi connectivity index (χ4n) is 2.55. The average Bonchev–Trinajstić information content (AvgIpc) is 3.01. The van der Waals surface area contributed by atoms with Gasteiger partial charge < -0.3 is 0 Å². The lowest BCUT2D eigenvalue weighted by atomic mass is 10.1. The molecule has 0 spiro atoms. The molecule has 2 aromatic carbocycles. The number of nitrogens with zero attached hydrogens (tertiary/aromatic N) is 2. The van der Waals surface area contributed by atoms with E-state index >= 15 is 0 Å². The number of hydrogen-bond acceptors (Lipinski definition) is 3. The lowest BCUT2D eigenvalue weighted by Crippen LogP contribution is -2.30. The van der Waals surface area contributed by atoms with Crippen LogP contribution in [0.3, 0.4) is 0 Å². The Morgan fingerprint density at radius 2 is 1.62 bits per heavy atom. The summed E-state index contributed by atoms with van der Waals surface area (Å²) >= 11 is 0. The van der Waals surface area contributed by atoms with Crippen molar-refractivity contribution in [1.82, 2.24) is 15.2 Å². The maximum Gasteiger partial charge on any atom is 0.285 e. The molecule has 0 fully saturated rings. The van der Waals surface area contributed by atoms with Gasteiger partial charge in [-0.25, -0.2) is 5.84 Å². The molecule has 3 rings (SSSR count). The fraction of sp³-hybridized carbons (Fsp3) is 0.158. The molecule has 0 bridgehead atoms. The first-order valence-electron chi connectivity index (χ1n) is 7.78. The van der Waals surface area contributed by atoms with E-state index in [1.54, 1.807) is 6.07 Å². The molecule has 1 heterocycles. The third kappa shape index (κ3) is 3.36. The molecule has 5 heteroatoms. The molecular formula is C19H20N4O. The van der Waals surface area contributed by atoms with E-state index in [0.717, 1.165) is 16.8 Å². The van der Waals surface area contributed by atoms with Crippen LogP contribution in [0.1, 0.15) is 27.2 Å². The van der Waals surface area contributed by atoms with Crippen LogP contribution in [-0.4, -0.2) is 15.7 Å². The van der Waals surface area contributed by atoms with E-state index in [0.29, 0.717) is 12.2 Å². The van der Waals surface area contributed by atoms with Crippen molar-refractivity contribution in [2.24, 2.45) is 5.84 Å². The van der Waals surface area contributed by atoms with Gasteiger partial charge in [-0.15, -0.1) is 0 Å². The first kappa shape index (κ1) is 16.0. The van der Waals surface area contributed by atoms with Gasteiger partial charge in [0.05, 0.1) is 12.2 Å². The summed E-state index contributed by atoms with van der Waals surface area (Å²) in [5.41, 5.74) is 7.85. The Balaban J connectivity index is 2.02. The summed E-state index contributed by atoms with van der Waals surface area (Å²) in [6.45, 7) is 4.68. The van der Waals surface area contributed by atoms with Crippen LogP contribution in [0.25, 0.3) is 11.3 Å². The van der Waals surface area contributed by atoms with E-state index in [9.17, 15) is 4.79 Å². The third-order valence-electron chi connectivity index (χ3n) is 3.94. The predicted molar refractivity (Wildman–Crippen MR) is 94.3 cm³/mol. The Bertz CT molecular complexity index is 848. The third-order valence-corrected chi connectivity index (χ3v) is 3.94. The topological polar surface area (TPSA) is 72.9 Å². The van der Waals surface area contributed by atoms with Crippen molar-refractivity contribution >= 4 is 5.91 Å². The highest BCUT2D eigenvalue weighted by Gasteiger charge is 2.15. The predicted octanol–water partition coefficient (Wildman–Crippen LogP) is 2.82. The van der Waals surface area contributed by atoms with E-state index in [4.69, 9.17) is 5.84 Å². The molecule has 0 aliphatic carbocycles. The zero-order chi connectivity index (χ0) is 17.1. The molecule has 0 unspecified atom stereocenters. The minimum Gasteiger partial charge on any atom is -0.289 e. The number of benzene rings is 2. The van der Waals surface area contributed by atoms with Crippen molar-refractivity contribution in [3.63, 3.8) is 0 Å². The van der Waals surface area contributed by atoms with Gasteiger partial charge in [-0.3, -0.25) is 14.9 Å². The number of hydrogen-bond donors (Lipinski definition) is 2. The summed E-state index contributed by atoms with van der Waals surface area (Å²) in [7, 11) is 0. The number of nitrogens with two attached hydrogens (primary N) is 1. The number of rotatable bonds is 4. The molecule has 122 valence electrons. The maximum atomic E-state index is 11.8. The van der Waals surface area contributed by atoms with Crippen LogP contribution in [0.4, 0.5) is 0 Å². The number of aryl methyl sites for hydroxylation is 2. The second kappa shape index (κ2) is 6.68. The van der Waals surface area contributed by atoms with Gasteiger partial charge in [0, 0.05) is 0 Å². The van der Waals surface area contributed by atoms with E-state index in [1.807, 2.05) is 35.9 Å².